The smallest absolute Gasteiger partial charge is 0.221 e. The second-order valence-corrected chi connectivity index (χ2v) is 6.70. The molecule has 0 aliphatic heterocycles. The predicted molar refractivity (Wildman–Crippen MR) is 128 cm³/mol. The van der Waals surface area contributed by atoms with Crippen LogP contribution in [0, 0.1) is 6.92 Å². The highest BCUT2D eigenvalue weighted by molar-refractivity contribution is 14.0. The van der Waals surface area contributed by atoms with Gasteiger partial charge < -0.3 is 16.0 Å². The number of amides is 1. The fourth-order valence-corrected chi connectivity index (χ4v) is 2.41. The van der Waals surface area contributed by atoms with Gasteiger partial charge >= 0.3 is 0 Å². The van der Waals surface area contributed by atoms with E-state index in [-0.39, 0.29) is 35.9 Å². The molecule has 0 aromatic heterocycles. The molecule has 1 amide bonds. The molecule has 5 nitrogen and oxygen atoms in total. The standard InChI is InChI=1S/C22H30N4O.HI/c1-4-18(3)25-21(27)14-15-23-22(26-20-8-6-5-7-9-20)24-16-19-12-10-17(2)11-13-19;/h5-13,18H,4,14-16H2,1-3H3,(H,25,27)(H2,23,24,26);1H. The normalized spacial score (nSPS) is 11.9. The third-order valence-electron chi connectivity index (χ3n) is 4.24. The van der Waals surface area contributed by atoms with Crippen LogP contribution >= 0.6 is 24.0 Å². The van der Waals surface area contributed by atoms with Gasteiger partial charge in [-0.3, -0.25) is 4.79 Å². The van der Waals surface area contributed by atoms with Crippen LogP contribution in [0.3, 0.4) is 0 Å². The van der Waals surface area contributed by atoms with E-state index in [4.69, 9.17) is 0 Å². The van der Waals surface area contributed by atoms with E-state index in [1.165, 1.54) is 5.56 Å². The number of hydrogen-bond donors (Lipinski definition) is 3. The summed E-state index contributed by atoms with van der Waals surface area (Å²) in [4.78, 5) is 16.6. The van der Waals surface area contributed by atoms with E-state index in [9.17, 15) is 4.79 Å². The molecule has 0 heterocycles. The lowest BCUT2D eigenvalue weighted by molar-refractivity contribution is -0.121. The quantitative estimate of drug-likeness (QED) is 0.288. The monoisotopic (exact) mass is 494 g/mol. The molecule has 28 heavy (non-hydrogen) atoms. The Labute approximate surface area is 185 Å². The molecule has 0 radical (unpaired) electrons. The summed E-state index contributed by atoms with van der Waals surface area (Å²) in [6, 6.07) is 18.4. The summed E-state index contributed by atoms with van der Waals surface area (Å²) in [6.45, 7) is 7.23. The van der Waals surface area contributed by atoms with Crippen molar-refractivity contribution in [3.05, 3.63) is 65.7 Å². The summed E-state index contributed by atoms with van der Waals surface area (Å²) >= 11 is 0. The highest BCUT2D eigenvalue weighted by Crippen LogP contribution is 2.07. The van der Waals surface area contributed by atoms with Crippen molar-refractivity contribution in [1.82, 2.24) is 10.6 Å². The average molecular weight is 494 g/mol. The summed E-state index contributed by atoms with van der Waals surface area (Å²) in [5.74, 6) is 0.715. The molecule has 0 fully saturated rings. The zero-order valence-corrected chi connectivity index (χ0v) is 19.2. The van der Waals surface area contributed by atoms with Crippen LogP contribution in [-0.2, 0) is 11.3 Å². The predicted octanol–water partition coefficient (Wildman–Crippen LogP) is 4.48. The molecule has 0 bridgehead atoms. The summed E-state index contributed by atoms with van der Waals surface area (Å²) in [5.41, 5.74) is 3.33. The fraction of sp³-hybridized carbons (Fsp3) is 0.364. The van der Waals surface area contributed by atoms with Crippen molar-refractivity contribution in [2.75, 3.05) is 11.9 Å². The summed E-state index contributed by atoms with van der Waals surface area (Å²) in [7, 11) is 0. The van der Waals surface area contributed by atoms with E-state index >= 15 is 0 Å². The molecule has 2 rings (SSSR count). The molecule has 0 aliphatic carbocycles. The third-order valence-corrected chi connectivity index (χ3v) is 4.24. The maximum absolute atomic E-state index is 12.0. The second kappa shape index (κ2) is 13.1. The van der Waals surface area contributed by atoms with Gasteiger partial charge in [0, 0.05) is 24.7 Å². The first kappa shape index (κ1) is 23.9. The number of rotatable bonds is 8. The number of halogens is 1. The number of hydrogen-bond acceptors (Lipinski definition) is 2. The maximum Gasteiger partial charge on any atom is 0.221 e. The molecule has 2 aromatic rings. The van der Waals surface area contributed by atoms with Gasteiger partial charge in [-0.05, 0) is 38.0 Å². The van der Waals surface area contributed by atoms with Crippen LogP contribution in [0.2, 0.25) is 0 Å². The number of nitrogens with zero attached hydrogens (tertiary/aromatic N) is 1. The molecule has 6 heteroatoms. The molecule has 0 spiro atoms. The molecule has 0 saturated heterocycles. The molecule has 2 aromatic carbocycles. The fourth-order valence-electron chi connectivity index (χ4n) is 2.41. The first-order valence-corrected chi connectivity index (χ1v) is 9.52. The number of aryl methyl sites for hydroxylation is 1. The lowest BCUT2D eigenvalue weighted by Crippen LogP contribution is -2.37. The van der Waals surface area contributed by atoms with Gasteiger partial charge in [-0.15, -0.1) is 24.0 Å². The summed E-state index contributed by atoms with van der Waals surface area (Å²) in [6.07, 6.45) is 1.34. The van der Waals surface area contributed by atoms with Gasteiger partial charge in [0.2, 0.25) is 5.91 Å². The summed E-state index contributed by atoms with van der Waals surface area (Å²) < 4.78 is 0. The first-order chi connectivity index (χ1) is 13.1. The molecule has 3 N–H and O–H groups in total. The molecule has 0 saturated carbocycles. The van der Waals surface area contributed by atoms with Crippen molar-refractivity contribution >= 4 is 41.5 Å². The van der Waals surface area contributed by atoms with Crippen molar-refractivity contribution in [1.29, 1.82) is 0 Å². The van der Waals surface area contributed by atoms with Gasteiger partial charge in [-0.25, -0.2) is 4.99 Å². The lowest BCUT2D eigenvalue weighted by Gasteiger charge is -2.14. The van der Waals surface area contributed by atoms with E-state index in [0.29, 0.717) is 25.5 Å². The van der Waals surface area contributed by atoms with Crippen molar-refractivity contribution in [2.45, 2.75) is 46.2 Å². The number of carbonyl (C=O) groups is 1. The number of nitrogens with one attached hydrogen (secondary N) is 3. The Hall–Kier alpha value is -2.09. The number of benzene rings is 2. The van der Waals surface area contributed by atoms with Gasteiger partial charge in [0.25, 0.3) is 0 Å². The Balaban J connectivity index is 0.00000392. The Morgan fingerprint density at radius 3 is 2.39 bits per heavy atom. The molecule has 0 aliphatic rings. The highest BCUT2D eigenvalue weighted by atomic mass is 127. The Bertz CT molecular complexity index is 732. The van der Waals surface area contributed by atoms with E-state index < -0.39 is 0 Å². The van der Waals surface area contributed by atoms with Crippen LogP contribution in [0.5, 0.6) is 0 Å². The topological polar surface area (TPSA) is 65.5 Å². The molecule has 152 valence electrons. The van der Waals surface area contributed by atoms with Crippen LogP contribution in [0.15, 0.2) is 59.6 Å². The lowest BCUT2D eigenvalue weighted by atomic mass is 10.1. The van der Waals surface area contributed by atoms with E-state index in [0.717, 1.165) is 17.7 Å². The van der Waals surface area contributed by atoms with Crippen LogP contribution in [-0.4, -0.2) is 24.5 Å². The zero-order valence-electron chi connectivity index (χ0n) is 16.9. The van der Waals surface area contributed by atoms with E-state index in [1.54, 1.807) is 0 Å². The van der Waals surface area contributed by atoms with Crippen molar-refractivity contribution in [2.24, 2.45) is 4.99 Å². The maximum atomic E-state index is 12.0. The first-order valence-electron chi connectivity index (χ1n) is 9.52. The van der Waals surface area contributed by atoms with E-state index in [1.807, 2.05) is 37.3 Å². The SMILES string of the molecule is CCC(C)NC(=O)CCNC(=NCc1ccc(C)cc1)Nc1ccccc1.I. The number of anilines is 1. The van der Waals surface area contributed by atoms with E-state index in [2.05, 4.69) is 59.1 Å². The Morgan fingerprint density at radius 2 is 1.75 bits per heavy atom. The van der Waals surface area contributed by atoms with Gasteiger partial charge in [-0.2, -0.15) is 0 Å². The van der Waals surface area contributed by atoms with Gasteiger partial charge in [0.15, 0.2) is 5.96 Å². The minimum atomic E-state index is 0. The zero-order chi connectivity index (χ0) is 19.5. The molecular formula is C22H31IN4O. The minimum absolute atomic E-state index is 0. The van der Waals surface area contributed by atoms with Gasteiger partial charge in [0.05, 0.1) is 6.54 Å². The molecule has 1 atom stereocenters. The number of para-hydroxylation sites is 1. The van der Waals surface area contributed by atoms with Crippen LogP contribution < -0.4 is 16.0 Å². The highest BCUT2D eigenvalue weighted by Gasteiger charge is 2.06. The average Bonchev–Trinajstić information content (AvgIpc) is 2.68. The van der Waals surface area contributed by atoms with Crippen LogP contribution in [0.25, 0.3) is 0 Å². The van der Waals surface area contributed by atoms with Crippen molar-refractivity contribution in [3.63, 3.8) is 0 Å². The van der Waals surface area contributed by atoms with Gasteiger partial charge in [0.1, 0.15) is 0 Å². The number of carbonyl (C=O) groups excluding carboxylic acids is 1. The van der Waals surface area contributed by atoms with Crippen molar-refractivity contribution in [3.8, 4) is 0 Å². The van der Waals surface area contributed by atoms with Crippen LogP contribution in [0.4, 0.5) is 5.69 Å². The number of guanidine groups is 1. The Morgan fingerprint density at radius 1 is 1.07 bits per heavy atom. The van der Waals surface area contributed by atoms with Crippen molar-refractivity contribution < 1.29 is 4.79 Å². The molecule has 1 unspecified atom stereocenters. The van der Waals surface area contributed by atoms with Gasteiger partial charge in [-0.1, -0.05) is 55.0 Å². The largest absolute Gasteiger partial charge is 0.356 e. The second-order valence-electron chi connectivity index (χ2n) is 6.70. The third kappa shape index (κ3) is 9.21. The van der Waals surface area contributed by atoms with Crippen LogP contribution in [0.1, 0.15) is 37.8 Å². The number of aliphatic imine (C=N–C) groups is 1. The Kier molecular flexibility index (Phi) is 11.2. The molecular weight excluding hydrogens is 463 g/mol. The minimum Gasteiger partial charge on any atom is -0.356 e. The summed E-state index contributed by atoms with van der Waals surface area (Å²) in [5, 5.41) is 9.52.